The number of benzene rings is 1. The number of anilines is 1. The molecule has 1 aliphatic heterocycles. The monoisotopic (exact) mass is 338 g/mol. The first kappa shape index (κ1) is 17.4. The summed E-state index contributed by atoms with van der Waals surface area (Å²) in [5.41, 5.74) is 2.12. The fraction of sp³-hybridized carbons (Fsp3) is 0.400. The minimum Gasteiger partial charge on any atom is -0.325 e. The van der Waals surface area contributed by atoms with Crippen molar-refractivity contribution in [2.24, 2.45) is 0 Å². The molecule has 2 unspecified atom stereocenters. The van der Waals surface area contributed by atoms with E-state index in [1.54, 1.807) is 24.5 Å². The Balaban J connectivity index is 1.54. The molecule has 5 nitrogen and oxygen atoms in total. The molecule has 2 heterocycles. The van der Waals surface area contributed by atoms with Crippen LogP contribution in [-0.4, -0.2) is 46.5 Å². The lowest BCUT2D eigenvalue weighted by molar-refractivity contribution is 0.0942. The molecule has 0 spiro atoms. The van der Waals surface area contributed by atoms with Crippen molar-refractivity contribution < 1.29 is 4.79 Å². The topological polar surface area (TPSA) is 48.5 Å². The van der Waals surface area contributed by atoms with Crippen LogP contribution in [0.25, 0.3) is 0 Å². The third-order valence-corrected chi connectivity index (χ3v) is 5.01. The zero-order valence-corrected chi connectivity index (χ0v) is 14.9. The van der Waals surface area contributed by atoms with E-state index in [0.717, 1.165) is 31.6 Å². The molecule has 2 aromatic rings. The number of urea groups is 1. The highest BCUT2D eigenvalue weighted by molar-refractivity contribution is 5.89. The minimum absolute atomic E-state index is 0.0556. The number of amides is 2. The third kappa shape index (κ3) is 4.57. The van der Waals surface area contributed by atoms with Crippen LogP contribution >= 0.6 is 0 Å². The van der Waals surface area contributed by atoms with Gasteiger partial charge in [-0.2, -0.15) is 0 Å². The van der Waals surface area contributed by atoms with Crippen molar-refractivity contribution in [1.82, 2.24) is 14.8 Å². The summed E-state index contributed by atoms with van der Waals surface area (Å²) in [6.07, 6.45) is 5.35. The van der Waals surface area contributed by atoms with E-state index in [1.165, 1.54) is 5.56 Å². The second kappa shape index (κ2) is 8.12. The number of piperidine rings is 1. The van der Waals surface area contributed by atoms with Crippen molar-refractivity contribution in [2.75, 3.05) is 18.9 Å². The van der Waals surface area contributed by atoms with Crippen molar-refractivity contribution in [2.45, 2.75) is 38.4 Å². The third-order valence-electron chi connectivity index (χ3n) is 5.01. The SMILES string of the molecule is CC1CC(N(C)C(=O)Nc2ccncc2)CCN1Cc1ccccc1. The van der Waals surface area contributed by atoms with Gasteiger partial charge in [0.15, 0.2) is 0 Å². The van der Waals surface area contributed by atoms with Crippen LogP contribution in [0.1, 0.15) is 25.3 Å². The van der Waals surface area contributed by atoms with E-state index in [9.17, 15) is 4.79 Å². The van der Waals surface area contributed by atoms with Crippen LogP contribution in [0.4, 0.5) is 10.5 Å². The molecule has 1 saturated heterocycles. The summed E-state index contributed by atoms with van der Waals surface area (Å²) in [6, 6.07) is 14.8. The van der Waals surface area contributed by atoms with Gasteiger partial charge in [-0.3, -0.25) is 9.88 Å². The lowest BCUT2D eigenvalue weighted by atomic mass is 9.96. The standard InChI is InChI=1S/C20H26N4O/c1-16-14-19(10-13-24(16)15-17-6-4-3-5-7-17)23(2)20(25)22-18-8-11-21-12-9-18/h3-9,11-12,16,19H,10,13-15H2,1-2H3,(H,21,22,25). The van der Waals surface area contributed by atoms with Crippen LogP contribution in [0.15, 0.2) is 54.9 Å². The molecule has 0 saturated carbocycles. The summed E-state index contributed by atoms with van der Waals surface area (Å²) < 4.78 is 0. The van der Waals surface area contributed by atoms with Crippen LogP contribution in [0, 0.1) is 0 Å². The molecule has 0 radical (unpaired) electrons. The van der Waals surface area contributed by atoms with Gasteiger partial charge in [0, 0.05) is 50.3 Å². The molecule has 1 aromatic heterocycles. The Morgan fingerprint density at radius 3 is 2.64 bits per heavy atom. The van der Waals surface area contributed by atoms with Gasteiger partial charge in [0.2, 0.25) is 0 Å². The first-order valence-electron chi connectivity index (χ1n) is 8.85. The number of rotatable bonds is 4. The Bertz CT molecular complexity index is 677. The molecule has 1 fully saturated rings. The molecular weight excluding hydrogens is 312 g/mol. The number of nitrogens with one attached hydrogen (secondary N) is 1. The highest BCUT2D eigenvalue weighted by Crippen LogP contribution is 2.23. The largest absolute Gasteiger partial charge is 0.325 e. The van der Waals surface area contributed by atoms with Gasteiger partial charge in [0.1, 0.15) is 0 Å². The Morgan fingerprint density at radius 1 is 1.24 bits per heavy atom. The van der Waals surface area contributed by atoms with E-state index in [1.807, 2.05) is 11.9 Å². The summed E-state index contributed by atoms with van der Waals surface area (Å²) in [5, 5.41) is 2.94. The van der Waals surface area contributed by atoms with Crippen LogP contribution in [0.2, 0.25) is 0 Å². The normalized spacial score (nSPS) is 20.9. The van der Waals surface area contributed by atoms with Crippen LogP contribution < -0.4 is 5.32 Å². The van der Waals surface area contributed by atoms with Crippen molar-refractivity contribution in [3.8, 4) is 0 Å². The second-order valence-corrected chi connectivity index (χ2v) is 6.76. The second-order valence-electron chi connectivity index (χ2n) is 6.76. The van der Waals surface area contributed by atoms with Crippen LogP contribution in [0.5, 0.6) is 0 Å². The predicted molar refractivity (Wildman–Crippen MR) is 100 cm³/mol. The summed E-state index contributed by atoms with van der Waals surface area (Å²) in [4.78, 5) is 20.8. The molecule has 5 heteroatoms. The Labute approximate surface area is 149 Å². The number of carbonyl (C=O) groups excluding carboxylic acids is 1. The van der Waals surface area contributed by atoms with Gasteiger partial charge in [-0.05, 0) is 37.5 Å². The predicted octanol–water partition coefficient (Wildman–Crippen LogP) is 3.60. The van der Waals surface area contributed by atoms with Gasteiger partial charge in [-0.15, -0.1) is 0 Å². The van der Waals surface area contributed by atoms with Gasteiger partial charge in [-0.1, -0.05) is 30.3 Å². The van der Waals surface area contributed by atoms with Gasteiger partial charge < -0.3 is 10.2 Å². The average molecular weight is 338 g/mol. The number of pyridine rings is 1. The summed E-state index contributed by atoms with van der Waals surface area (Å²) >= 11 is 0. The summed E-state index contributed by atoms with van der Waals surface area (Å²) in [7, 11) is 1.89. The number of hydrogen-bond acceptors (Lipinski definition) is 3. The quantitative estimate of drug-likeness (QED) is 0.927. The average Bonchev–Trinajstić information content (AvgIpc) is 2.64. The van der Waals surface area contributed by atoms with Gasteiger partial charge in [0.05, 0.1) is 0 Å². The molecule has 1 aromatic carbocycles. The van der Waals surface area contributed by atoms with Gasteiger partial charge >= 0.3 is 6.03 Å². The number of hydrogen-bond donors (Lipinski definition) is 1. The smallest absolute Gasteiger partial charge is 0.321 e. The van der Waals surface area contributed by atoms with Crippen LogP contribution in [-0.2, 0) is 6.54 Å². The van der Waals surface area contributed by atoms with E-state index in [-0.39, 0.29) is 12.1 Å². The highest BCUT2D eigenvalue weighted by Gasteiger charge is 2.29. The van der Waals surface area contributed by atoms with Crippen molar-refractivity contribution >= 4 is 11.7 Å². The molecule has 0 bridgehead atoms. The van der Waals surface area contributed by atoms with E-state index < -0.39 is 0 Å². The lowest BCUT2D eigenvalue weighted by Gasteiger charge is -2.41. The molecular formula is C20H26N4O. The summed E-state index contributed by atoms with van der Waals surface area (Å²) in [6.45, 7) is 4.24. The van der Waals surface area contributed by atoms with Crippen molar-refractivity contribution in [3.63, 3.8) is 0 Å². The Morgan fingerprint density at radius 2 is 1.96 bits per heavy atom. The minimum atomic E-state index is -0.0556. The van der Waals surface area contributed by atoms with E-state index >= 15 is 0 Å². The number of aromatic nitrogens is 1. The molecule has 0 aliphatic carbocycles. The fourth-order valence-electron chi connectivity index (χ4n) is 3.41. The number of likely N-dealkylation sites (tertiary alicyclic amines) is 1. The molecule has 2 amide bonds. The van der Waals surface area contributed by atoms with Gasteiger partial charge in [0.25, 0.3) is 0 Å². The maximum atomic E-state index is 12.5. The highest BCUT2D eigenvalue weighted by atomic mass is 16.2. The molecule has 1 aliphatic rings. The van der Waals surface area contributed by atoms with E-state index in [0.29, 0.717) is 6.04 Å². The maximum absolute atomic E-state index is 12.5. The zero-order chi connectivity index (χ0) is 17.6. The first-order valence-corrected chi connectivity index (χ1v) is 8.85. The lowest BCUT2D eigenvalue weighted by Crippen LogP contribution is -2.50. The molecule has 132 valence electrons. The molecule has 25 heavy (non-hydrogen) atoms. The van der Waals surface area contributed by atoms with E-state index in [4.69, 9.17) is 0 Å². The van der Waals surface area contributed by atoms with Crippen molar-refractivity contribution in [1.29, 1.82) is 0 Å². The summed E-state index contributed by atoms with van der Waals surface area (Å²) in [5.74, 6) is 0. The van der Waals surface area contributed by atoms with Crippen molar-refractivity contribution in [3.05, 3.63) is 60.4 Å². The zero-order valence-electron chi connectivity index (χ0n) is 14.9. The Kier molecular flexibility index (Phi) is 5.66. The Hall–Kier alpha value is -2.40. The van der Waals surface area contributed by atoms with Crippen LogP contribution in [0.3, 0.4) is 0 Å². The molecule has 2 atom stereocenters. The molecule has 1 N–H and O–H groups in total. The first-order chi connectivity index (χ1) is 12.1. The van der Waals surface area contributed by atoms with E-state index in [2.05, 4.69) is 52.5 Å². The molecule has 3 rings (SSSR count). The number of nitrogens with zero attached hydrogens (tertiary/aromatic N) is 3. The van der Waals surface area contributed by atoms with Gasteiger partial charge in [-0.25, -0.2) is 4.79 Å². The maximum Gasteiger partial charge on any atom is 0.321 e. The fourth-order valence-corrected chi connectivity index (χ4v) is 3.41. The number of carbonyl (C=O) groups is 1.